The van der Waals surface area contributed by atoms with E-state index in [0.29, 0.717) is 5.92 Å². The molecule has 0 amide bonds. The van der Waals surface area contributed by atoms with E-state index in [9.17, 15) is 0 Å². The van der Waals surface area contributed by atoms with Gasteiger partial charge in [0.25, 0.3) is 0 Å². The van der Waals surface area contributed by atoms with Crippen molar-refractivity contribution in [2.24, 2.45) is 5.84 Å². The molecule has 1 aromatic heterocycles. The van der Waals surface area contributed by atoms with Crippen LogP contribution in [0.25, 0.3) is 10.9 Å². The smallest absolute Gasteiger partial charge is 0.144 e. The fourth-order valence-corrected chi connectivity index (χ4v) is 1.85. The van der Waals surface area contributed by atoms with E-state index in [1.54, 1.807) is 0 Å². The molecule has 3 N–H and O–H groups in total. The third-order valence-electron chi connectivity index (χ3n) is 2.76. The van der Waals surface area contributed by atoms with E-state index in [2.05, 4.69) is 55.4 Å². The Kier molecular flexibility index (Phi) is 2.79. The first-order valence-electron chi connectivity index (χ1n) is 5.49. The second-order valence-electron chi connectivity index (χ2n) is 4.42. The zero-order valence-electron chi connectivity index (χ0n) is 9.91. The van der Waals surface area contributed by atoms with Crippen LogP contribution < -0.4 is 11.3 Å². The Balaban J connectivity index is 2.70. The fraction of sp³-hybridized carbons (Fsp3) is 0.308. The van der Waals surface area contributed by atoms with E-state index in [0.717, 1.165) is 22.3 Å². The zero-order valence-corrected chi connectivity index (χ0v) is 9.91. The quantitative estimate of drug-likeness (QED) is 0.598. The van der Waals surface area contributed by atoms with Crippen molar-refractivity contribution >= 4 is 16.7 Å². The molecule has 3 nitrogen and oxygen atoms in total. The average molecular weight is 215 g/mol. The normalized spacial score (nSPS) is 11.1. The molecule has 0 saturated carbocycles. The Morgan fingerprint density at radius 3 is 2.62 bits per heavy atom. The van der Waals surface area contributed by atoms with Crippen LogP contribution in [0.2, 0.25) is 0 Å². The summed E-state index contributed by atoms with van der Waals surface area (Å²) in [7, 11) is 0. The van der Waals surface area contributed by atoms with E-state index < -0.39 is 0 Å². The van der Waals surface area contributed by atoms with Crippen molar-refractivity contribution in [2.45, 2.75) is 26.7 Å². The number of hydrazine groups is 1. The molecule has 0 bridgehead atoms. The summed E-state index contributed by atoms with van der Waals surface area (Å²) in [5.41, 5.74) is 6.02. The van der Waals surface area contributed by atoms with Crippen LogP contribution in [0.4, 0.5) is 5.82 Å². The van der Waals surface area contributed by atoms with Crippen molar-refractivity contribution in [1.82, 2.24) is 4.98 Å². The van der Waals surface area contributed by atoms with Crippen LogP contribution in [0.5, 0.6) is 0 Å². The lowest BCUT2D eigenvalue weighted by Gasteiger charge is -2.12. The molecule has 3 heteroatoms. The van der Waals surface area contributed by atoms with Crippen LogP contribution in [-0.2, 0) is 0 Å². The van der Waals surface area contributed by atoms with E-state index in [-0.39, 0.29) is 0 Å². The summed E-state index contributed by atoms with van der Waals surface area (Å²) in [5.74, 6) is 6.68. The SMILES string of the molecule is Cc1ccc2cc(C(C)C)c(NN)nc2c1. The maximum atomic E-state index is 5.51. The predicted molar refractivity (Wildman–Crippen MR) is 68.4 cm³/mol. The molecular formula is C13H17N3. The number of anilines is 1. The maximum Gasteiger partial charge on any atom is 0.144 e. The van der Waals surface area contributed by atoms with Gasteiger partial charge in [-0.3, -0.25) is 0 Å². The van der Waals surface area contributed by atoms with Crippen LogP contribution in [0.15, 0.2) is 24.3 Å². The van der Waals surface area contributed by atoms with Crippen LogP contribution in [0, 0.1) is 6.92 Å². The van der Waals surface area contributed by atoms with Gasteiger partial charge in [0.05, 0.1) is 5.52 Å². The zero-order chi connectivity index (χ0) is 11.7. The molecule has 0 atom stereocenters. The van der Waals surface area contributed by atoms with Crippen LogP contribution in [0.3, 0.4) is 0 Å². The van der Waals surface area contributed by atoms with Gasteiger partial charge in [0.1, 0.15) is 5.82 Å². The van der Waals surface area contributed by atoms with Crippen molar-refractivity contribution in [1.29, 1.82) is 0 Å². The van der Waals surface area contributed by atoms with E-state index in [1.165, 1.54) is 5.56 Å². The predicted octanol–water partition coefficient (Wildman–Crippen LogP) is 2.95. The number of pyridine rings is 1. The summed E-state index contributed by atoms with van der Waals surface area (Å²) >= 11 is 0. The number of hydrogen-bond donors (Lipinski definition) is 2. The second-order valence-corrected chi connectivity index (χ2v) is 4.42. The average Bonchev–Trinajstić information content (AvgIpc) is 2.26. The fourth-order valence-electron chi connectivity index (χ4n) is 1.85. The lowest BCUT2D eigenvalue weighted by atomic mass is 10.0. The lowest BCUT2D eigenvalue weighted by Crippen LogP contribution is -2.11. The summed E-state index contributed by atoms with van der Waals surface area (Å²) < 4.78 is 0. The highest BCUT2D eigenvalue weighted by Crippen LogP contribution is 2.26. The molecule has 0 saturated heterocycles. The highest BCUT2D eigenvalue weighted by Gasteiger charge is 2.09. The Hall–Kier alpha value is -1.61. The number of rotatable bonds is 2. The Morgan fingerprint density at radius 1 is 1.25 bits per heavy atom. The maximum absolute atomic E-state index is 5.51. The molecule has 2 aromatic rings. The monoisotopic (exact) mass is 215 g/mol. The van der Waals surface area contributed by atoms with Crippen LogP contribution in [0.1, 0.15) is 30.9 Å². The highest BCUT2D eigenvalue weighted by atomic mass is 15.2. The van der Waals surface area contributed by atoms with Crippen molar-refractivity contribution in [3.05, 3.63) is 35.4 Å². The van der Waals surface area contributed by atoms with Gasteiger partial charge < -0.3 is 5.43 Å². The Bertz CT molecular complexity index is 518. The lowest BCUT2D eigenvalue weighted by molar-refractivity contribution is 0.862. The molecular weight excluding hydrogens is 198 g/mol. The molecule has 84 valence electrons. The van der Waals surface area contributed by atoms with Gasteiger partial charge in [0.2, 0.25) is 0 Å². The number of aryl methyl sites for hydroxylation is 1. The number of nitrogen functional groups attached to an aromatic ring is 1. The van der Waals surface area contributed by atoms with Crippen molar-refractivity contribution in [3.63, 3.8) is 0 Å². The van der Waals surface area contributed by atoms with Gasteiger partial charge in [0.15, 0.2) is 0 Å². The Labute approximate surface area is 95.7 Å². The third kappa shape index (κ3) is 1.86. The van der Waals surface area contributed by atoms with Gasteiger partial charge in [-0.2, -0.15) is 0 Å². The summed E-state index contributed by atoms with van der Waals surface area (Å²) in [4.78, 5) is 4.54. The highest BCUT2D eigenvalue weighted by molar-refractivity contribution is 5.82. The van der Waals surface area contributed by atoms with Crippen LogP contribution >= 0.6 is 0 Å². The minimum Gasteiger partial charge on any atom is -0.308 e. The van der Waals surface area contributed by atoms with Gasteiger partial charge >= 0.3 is 0 Å². The summed E-state index contributed by atoms with van der Waals surface area (Å²) in [6.07, 6.45) is 0. The first kappa shape index (κ1) is 10.9. The van der Waals surface area contributed by atoms with Crippen molar-refractivity contribution in [2.75, 3.05) is 5.43 Å². The number of nitrogens with one attached hydrogen (secondary N) is 1. The Morgan fingerprint density at radius 2 is 2.00 bits per heavy atom. The second kappa shape index (κ2) is 4.10. The first-order valence-corrected chi connectivity index (χ1v) is 5.49. The molecule has 1 aromatic carbocycles. The summed E-state index contributed by atoms with van der Waals surface area (Å²) in [6.45, 7) is 6.34. The number of fused-ring (bicyclic) bond motifs is 1. The minimum absolute atomic E-state index is 0.407. The minimum atomic E-state index is 0.407. The number of nitrogens with zero attached hydrogens (tertiary/aromatic N) is 1. The van der Waals surface area contributed by atoms with Crippen molar-refractivity contribution in [3.8, 4) is 0 Å². The standard InChI is InChI=1S/C13H17N3/c1-8(2)11-7-10-5-4-9(3)6-12(10)15-13(11)16-14/h4-8H,14H2,1-3H3,(H,15,16). The van der Waals surface area contributed by atoms with Gasteiger partial charge in [-0.25, -0.2) is 10.8 Å². The number of aromatic nitrogens is 1. The molecule has 16 heavy (non-hydrogen) atoms. The number of benzene rings is 1. The first-order chi connectivity index (χ1) is 7.61. The molecule has 0 aliphatic carbocycles. The topological polar surface area (TPSA) is 50.9 Å². The summed E-state index contributed by atoms with van der Waals surface area (Å²) in [6, 6.07) is 8.43. The van der Waals surface area contributed by atoms with E-state index in [1.807, 2.05) is 0 Å². The number of hydrogen-bond acceptors (Lipinski definition) is 3. The van der Waals surface area contributed by atoms with Crippen LogP contribution in [-0.4, -0.2) is 4.98 Å². The molecule has 0 aliphatic rings. The van der Waals surface area contributed by atoms with E-state index >= 15 is 0 Å². The number of nitrogens with two attached hydrogens (primary N) is 1. The molecule has 0 spiro atoms. The van der Waals surface area contributed by atoms with Crippen molar-refractivity contribution < 1.29 is 0 Å². The van der Waals surface area contributed by atoms with Gasteiger partial charge in [0, 0.05) is 5.39 Å². The molecule has 1 heterocycles. The van der Waals surface area contributed by atoms with E-state index in [4.69, 9.17) is 5.84 Å². The molecule has 0 aliphatic heterocycles. The third-order valence-corrected chi connectivity index (χ3v) is 2.76. The molecule has 2 rings (SSSR count). The largest absolute Gasteiger partial charge is 0.308 e. The van der Waals surface area contributed by atoms with Gasteiger partial charge in [-0.1, -0.05) is 26.0 Å². The van der Waals surface area contributed by atoms with Gasteiger partial charge in [-0.15, -0.1) is 0 Å². The molecule has 0 unspecified atom stereocenters. The molecule has 0 fully saturated rings. The van der Waals surface area contributed by atoms with Gasteiger partial charge in [-0.05, 0) is 36.1 Å². The summed E-state index contributed by atoms with van der Waals surface area (Å²) in [5, 5.41) is 1.16. The molecule has 0 radical (unpaired) electrons.